The van der Waals surface area contributed by atoms with Gasteiger partial charge in [0.05, 0.1) is 6.42 Å². The number of carboxylic acid groups (broad SMARTS) is 1. The fourth-order valence-electron chi connectivity index (χ4n) is 1.02. The van der Waals surface area contributed by atoms with Crippen LogP contribution in [0.15, 0.2) is 24.3 Å². The maximum atomic E-state index is 12.5. The first-order valence-corrected chi connectivity index (χ1v) is 4.31. The van der Waals surface area contributed by atoms with Gasteiger partial charge in [0, 0.05) is 0 Å². The summed E-state index contributed by atoms with van der Waals surface area (Å²) in [5.41, 5.74) is 0.638. The van der Waals surface area contributed by atoms with Crippen molar-refractivity contribution in [1.29, 1.82) is 0 Å². The van der Waals surface area contributed by atoms with Crippen LogP contribution >= 0.6 is 0 Å². The maximum absolute atomic E-state index is 12.5. The lowest BCUT2D eigenvalue weighted by Crippen LogP contribution is -2.30. The van der Waals surface area contributed by atoms with Crippen molar-refractivity contribution < 1.29 is 19.1 Å². The van der Waals surface area contributed by atoms with E-state index in [9.17, 15) is 14.0 Å². The number of rotatable bonds is 4. The highest BCUT2D eigenvalue weighted by Crippen LogP contribution is 2.03. The minimum absolute atomic E-state index is 0.0492. The number of nitrogens with one attached hydrogen (secondary N) is 1. The molecule has 1 amide bonds. The van der Waals surface area contributed by atoms with E-state index in [-0.39, 0.29) is 12.2 Å². The van der Waals surface area contributed by atoms with Crippen LogP contribution in [-0.4, -0.2) is 23.5 Å². The lowest BCUT2D eigenvalue weighted by atomic mass is 10.1. The Balaban J connectivity index is 2.44. The number of amides is 1. The van der Waals surface area contributed by atoms with E-state index >= 15 is 0 Å². The van der Waals surface area contributed by atoms with E-state index in [1.165, 1.54) is 24.3 Å². The molecule has 0 aromatic heterocycles. The Morgan fingerprint density at radius 2 is 1.87 bits per heavy atom. The van der Waals surface area contributed by atoms with Crippen LogP contribution in [0.1, 0.15) is 5.56 Å². The standard InChI is InChI=1S/C10H10FNO3/c11-8-3-1-7(2-4-8)5-9(13)12-6-10(14)15/h1-4H,5-6H2,(H,12,13)(H,14,15). The molecule has 0 saturated carbocycles. The van der Waals surface area contributed by atoms with E-state index in [0.29, 0.717) is 5.56 Å². The highest BCUT2D eigenvalue weighted by molar-refractivity contribution is 5.82. The minimum atomic E-state index is -1.09. The van der Waals surface area contributed by atoms with Gasteiger partial charge in [-0.15, -0.1) is 0 Å². The molecule has 0 aliphatic carbocycles. The Hall–Kier alpha value is -1.91. The van der Waals surface area contributed by atoms with Crippen LogP contribution in [0, 0.1) is 5.82 Å². The van der Waals surface area contributed by atoms with Crippen molar-refractivity contribution >= 4 is 11.9 Å². The van der Waals surface area contributed by atoms with Gasteiger partial charge >= 0.3 is 5.97 Å². The van der Waals surface area contributed by atoms with E-state index in [0.717, 1.165) is 0 Å². The van der Waals surface area contributed by atoms with Gasteiger partial charge in [-0.3, -0.25) is 9.59 Å². The van der Waals surface area contributed by atoms with E-state index in [1.54, 1.807) is 0 Å². The normalized spacial score (nSPS) is 9.67. The van der Waals surface area contributed by atoms with Gasteiger partial charge < -0.3 is 10.4 Å². The molecule has 0 aliphatic rings. The average molecular weight is 211 g/mol. The molecule has 2 N–H and O–H groups in total. The second-order valence-corrected chi connectivity index (χ2v) is 2.97. The Bertz CT molecular complexity index is 361. The summed E-state index contributed by atoms with van der Waals surface area (Å²) in [6.07, 6.45) is 0.0492. The third-order valence-corrected chi connectivity index (χ3v) is 1.71. The Morgan fingerprint density at radius 1 is 1.27 bits per heavy atom. The van der Waals surface area contributed by atoms with Crippen LogP contribution in [0.25, 0.3) is 0 Å². The molecule has 0 radical (unpaired) electrons. The first-order valence-electron chi connectivity index (χ1n) is 4.31. The third kappa shape index (κ3) is 4.21. The Labute approximate surface area is 85.7 Å². The number of aliphatic carboxylic acids is 1. The van der Waals surface area contributed by atoms with Crippen molar-refractivity contribution in [3.05, 3.63) is 35.6 Å². The third-order valence-electron chi connectivity index (χ3n) is 1.71. The van der Waals surface area contributed by atoms with Crippen LogP contribution in [0.5, 0.6) is 0 Å². The number of benzene rings is 1. The van der Waals surface area contributed by atoms with Crippen molar-refractivity contribution in [2.24, 2.45) is 0 Å². The molecule has 4 nitrogen and oxygen atoms in total. The van der Waals surface area contributed by atoms with Crippen molar-refractivity contribution in [2.45, 2.75) is 6.42 Å². The van der Waals surface area contributed by atoms with Gasteiger partial charge in [0.25, 0.3) is 0 Å². The second-order valence-electron chi connectivity index (χ2n) is 2.97. The van der Waals surface area contributed by atoms with Gasteiger partial charge in [-0.05, 0) is 17.7 Å². The van der Waals surface area contributed by atoms with Crippen LogP contribution in [-0.2, 0) is 16.0 Å². The largest absolute Gasteiger partial charge is 0.480 e. The highest BCUT2D eigenvalue weighted by Gasteiger charge is 2.04. The fraction of sp³-hybridized carbons (Fsp3) is 0.200. The molecule has 1 aromatic rings. The molecule has 0 bridgehead atoms. The van der Waals surface area contributed by atoms with Crippen molar-refractivity contribution in [3.8, 4) is 0 Å². The average Bonchev–Trinajstić information content (AvgIpc) is 2.19. The number of halogens is 1. The number of carboxylic acids is 1. The summed E-state index contributed by atoms with van der Waals surface area (Å²) >= 11 is 0. The van der Waals surface area contributed by atoms with E-state index < -0.39 is 18.4 Å². The number of hydrogen-bond acceptors (Lipinski definition) is 2. The molecule has 1 rings (SSSR count). The lowest BCUT2D eigenvalue weighted by Gasteiger charge is -2.02. The predicted octanol–water partition coefficient (Wildman–Crippen LogP) is 0.569. The predicted molar refractivity (Wildman–Crippen MR) is 50.7 cm³/mol. The summed E-state index contributed by atoms with van der Waals surface area (Å²) in [5, 5.41) is 10.5. The van der Waals surface area contributed by atoms with Gasteiger partial charge in [-0.1, -0.05) is 12.1 Å². The SMILES string of the molecule is O=C(O)CNC(=O)Cc1ccc(F)cc1. The fourth-order valence-corrected chi connectivity index (χ4v) is 1.02. The molecule has 0 heterocycles. The maximum Gasteiger partial charge on any atom is 0.322 e. The quantitative estimate of drug-likeness (QED) is 0.765. The van der Waals surface area contributed by atoms with Gasteiger partial charge in [-0.2, -0.15) is 0 Å². The summed E-state index contributed by atoms with van der Waals surface area (Å²) in [6.45, 7) is -0.403. The topological polar surface area (TPSA) is 66.4 Å². The Kier molecular flexibility index (Phi) is 3.79. The zero-order chi connectivity index (χ0) is 11.3. The number of carbonyl (C=O) groups is 2. The molecule has 0 aliphatic heterocycles. The minimum Gasteiger partial charge on any atom is -0.480 e. The van der Waals surface area contributed by atoms with Crippen LogP contribution < -0.4 is 5.32 Å². The molecule has 0 atom stereocenters. The lowest BCUT2D eigenvalue weighted by molar-refractivity contribution is -0.137. The van der Waals surface area contributed by atoms with Gasteiger partial charge in [0.1, 0.15) is 12.4 Å². The molecule has 80 valence electrons. The zero-order valence-electron chi connectivity index (χ0n) is 7.87. The van der Waals surface area contributed by atoms with Gasteiger partial charge in [0.2, 0.25) is 5.91 Å². The first-order chi connectivity index (χ1) is 7.08. The zero-order valence-corrected chi connectivity index (χ0v) is 7.87. The Morgan fingerprint density at radius 3 is 2.40 bits per heavy atom. The molecule has 1 aromatic carbocycles. The van der Waals surface area contributed by atoms with Crippen LogP contribution in [0.4, 0.5) is 4.39 Å². The van der Waals surface area contributed by atoms with Crippen molar-refractivity contribution in [2.75, 3.05) is 6.54 Å². The smallest absolute Gasteiger partial charge is 0.322 e. The highest BCUT2D eigenvalue weighted by atomic mass is 19.1. The molecule has 5 heteroatoms. The molecule has 0 saturated heterocycles. The van der Waals surface area contributed by atoms with Gasteiger partial charge in [0.15, 0.2) is 0 Å². The number of hydrogen-bond donors (Lipinski definition) is 2. The van der Waals surface area contributed by atoms with Gasteiger partial charge in [-0.25, -0.2) is 4.39 Å². The summed E-state index contributed by atoms with van der Waals surface area (Å²) in [6, 6.07) is 5.46. The first kappa shape index (κ1) is 11.2. The van der Waals surface area contributed by atoms with Crippen LogP contribution in [0.3, 0.4) is 0 Å². The number of carbonyl (C=O) groups excluding carboxylic acids is 1. The molecular formula is C10H10FNO3. The van der Waals surface area contributed by atoms with Crippen molar-refractivity contribution in [3.63, 3.8) is 0 Å². The monoisotopic (exact) mass is 211 g/mol. The molecule has 0 fully saturated rings. The summed E-state index contributed by atoms with van der Waals surface area (Å²) in [7, 11) is 0. The summed E-state index contributed by atoms with van der Waals surface area (Å²) in [4.78, 5) is 21.3. The summed E-state index contributed by atoms with van der Waals surface area (Å²) < 4.78 is 12.5. The molecular weight excluding hydrogens is 201 g/mol. The van der Waals surface area contributed by atoms with E-state index in [2.05, 4.69) is 5.32 Å². The molecule has 15 heavy (non-hydrogen) atoms. The molecule has 0 spiro atoms. The van der Waals surface area contributed by atoms with E-state index in [4.69, 9.17) is 5.11 Å². The van der Waals surface area contributed by atoms with E-state index in [1.807, 2.05) is 0 Å². The second kappa shape index (κ2) is 5.09. The summed E-state index contributed by atoms with van der Waals surface area (Å²) in [5.74, 6) is -1.86. The molecule has 0 unspecified atom stereocenters. The van der Waals surface area contributed by atoms with Crippen LogP contribution in [0.2, 0.25) is 0 Å². The van der Waals surface area contributed by atoms with Crippen molar-refractivity contribution in [1.82, 2.24) is 5.32 Å².